The van der Waals surface area contributed by atoms with E-state index in [1.54, 1.807) is 6.07 Å². The molecule has 0 spiro atoms. The average molecular weight is 235 g/mol. The van der Waals surface area contributed by atoms with Crippen molar-refractivity contribution in [3.63, 3.8) is 0 Å². The molecule has 3 N–H and O–H groups in total. The van der Waals surface area contributed by atoms with Crippen LogP contribution in [0.2, 0.25) is 0 Å². The lowest BCUT2D eigenvalue weighted by molar-refractivity contribution is -0.118. The monoisotopic (exact) mass is 235 g/mol. The molecule has 0 atom stereocenters. The molecule has 0 bridgehead atoms. The Hall–Kier alpha value is -1.67. The summed E-state index contributed by atoms with van der Waals surface area (Å²) in [4.78, 5) is 12.2. The van der Waals surface area contributed by atoms with Crippen LogP contribution < -0.4 is 11.1 Å². The van der Waals surface area contributed by atoms with Crippen molar-refractivity contribution in [2.24, 2.45) is 0 Å². The highest BCUT2D eigenvalue weighted by molar-refractivity contribution is 8.00. The number of hydrogen-bond acceptors (Lipinski definition) is 4. The molecule has 1 rings (SSSR count). The number of anilines is 1. The molecular weight excluding hydrogens is 222 g/mol. The predicted molar refractivity (Wildman–Crippen MR) is 64.8 cm³/mol. The van der Waals surface area contributed by atoms with Gasteiger partial charge in [-0.05, 0) is 12.1 Å². The number of carbonyl (C=O) groups is 1. The van der Waals surface area contributed by atoms with E-state index >= 15 is 0 Å². The van der Waals surface area contributed by atoms with Crippen LogP contribution in [-0.4, -0.2) is 18.2 Å². The minimum Gasteiger partial charge on any atom is -0.398 e. The molecule has 84 valence electrons. The maximum Gasteiger partial charge on any atom is 0.230 e. The van der Waals surface area contributed by atoms with E-state index in [1.165, 1.54) is 11.8 Å². The van der Waals surface area contributed by atoms with Gasteiger partial charge in [0.05, 0.1) is 18.2 Å². The van der Waals surface area contributed by atoms with E-state index in [0.717, 1.165) is 4.90 Å². The van der Waals surface area contributed by atoms with Gasteiger partial charge in [0.1, 0.15) is 0 Å². The minimum absolute atomic E-state index is 0.0801. The first-order chi connectivity index (χ1) is 7.74. The largest absolute Gasteiger partial charge is 0.398 e. The third kappa shape index (κ3) is 4.24. The Morgan fingerprint density at radius 1 is 1.50 bits per heavy atom. The zero-order valence-electron chi connectivity index (χ0n) is 8.77. The smallest absolute Gasteiger partial charge is 0.230 e. The molecular formula is C11H13N3OS. The number of para-hydroxylation sites is 1. The lowest BCUT2D eigenvalue weighted by Crippen LogP contribution is -2.25. The van der Waals surface area contributed by atoms with E-state index in [2.05, 4.69) is 5.32 Å². The summed E-state index contributed by atoms with van der Waals surface area (Å²) in [5.41, 5.74) is 6.41. The number of amides is 1. The first-order valence-electron chi connectivity index (χ1n) is 4.85. The number of nitrogens with one attached hydrogen (secondary N) is 1. The number of hydrogen-bond donors (Lipinski definition) is 2. The second kappa shape index (κ2) is 6.75. The van der Waals surface area contributed by atoms with Gasteiger partial charge in [0, 0.05) is 17.1 Å². The van der Waals surface area contributed by atoms with Crippen LogP contribution in [0.1, 0.15) is 6.42 Å². The fraction of sp³-hybridized carbons (Fsp3) is 0.273. The van der Waals surface area contributed by atoms with E-state index in [0.29, 0.717) is 24.4 Å². The van der Waals surface area contributed by atoms with Gasteiger partial charge in [0.15, 0.2) is 0 Å². The first kappa shape index (κ1) is 12.4. The number of nitrogens with two attached hydrogens (primary N) is 1. The number of nitriles is 1. The Morgan fingerprint density at radius 3 is 2.94 bits per heavy atom. The molecule has 5 heteroatoms. The standard InChI is InChI=1S/C11H13N3OS/c12-6-3-7-14-11(15)8-16-10-5-2-1-4-9(10)13/h1-2,4-5H,3,7-8,13H2,(H,14,15). The third-order valence-electron chi connectivity index (χ3n) is 1.84. The average Bonchev–Trinajstić information content (AvgIpc) is 2.28. The SMILES string of the molecule is N#CCCNC(=O)CSc1ccccc1N. The highest BCUT2D eigenvalue weighted by atomic mass is 32.2. The van der Waals surface area contributed by atoms with E-state index < -0.39 is 0 Å². The van der Waals surface area contributed by atoms with E-state index in [9.17, 15) is 4.79 Å². The normalized spacial score (nSPS) is 9.44. The fourth-order valence-corrected chi connectivity index (χ4v) is 1.86. The van der Waals surface area contributed by atoms with Crippen LogP contribution in [-0.2, 0) is 4.79 Å². The van der Waals surface area contributed by atoms with Crippen molar-refractivity contribution < 1.29 is 4.79 Å². The number of thioether (sulfide) groups is 1. The molecule has 0 fully saturated rings. The zero-order chi connectivity index (χ0) is 11.8. The Balaban J connectivity index is 2.32. The number of nitrogen functional groups attached to an aromatic ring is 1. The van der Waals surface area contributed by atoms with Gasteiger partial charge >= 0.3 is 0 Å². The number of rotatable bonds is 5. The topological polar surface area (TPSA) is 78.9 Å². The second-order valence-electron chi connectivity index (χ2n) is 3.08. The van der Waals surface area contributed by atoms with Crippen molar-refractivity contribution in [3.8, 4) is 6.07 Å². The fourth-order valence-electron chi connectivity index (χ4n) is 1.06. The van der Waals surface area contributed by atoms with Crippen molar-refractivity contribution >= 4 is 23.4 Å². The summed E-state index contributed by atoms with van der Waals surface area (Å²) in [6, 6.07) is 9.38. The Kier molecular flexibility index (Phi) is 5.23. The minimum atomic E-state index is -0.0801. The quantitative estimate of drug-likeness (QED) is 0.459. The van der Waals surface area contributed by atoms with E-state index in [1.807, 2.05) is 24.3 Å². The molecule has 16 heavy (non-hydrogen) atoms. The van der Waals surface area contributed by atoms with Crippen molar-refractivity contribution in [2.75, 3.05) is 18.0 Å². The summed E-state index contributed by atoms with van der Waals surface area (Å²) in [5, 5.41) is 11.0. The molecule has 4 nitrogen and oxygen atoms in total. The Bertz CT molecular complexity index is 400. The molecule has 1 aromatic carbocycles. The van der Waals surface area contributed by atoms with Gasteiger partial charge in [0.25, 0.3) is 0 Å². The van der Waals surface area contributed by atoms with Crippen LogP contribution >= 0.6 is 11.8 Å². The molecule has 0 aliphatic rings. The summed E-state index contributed by atoms with van der Waals surface area (Å²) >= 11 is 1.39. The van der Waals surface area contributed by atoms with Crippen LogP contribution in [0, 0.1) is 11.3 Å². The number of benzene rings is 1. The lowest BCUT2D eigenvalue weighted by Gasteiger charge is -2.05. The zero-order valence-corrected chi connectivity index (χ0v) is 9.59. The first-order valence-corrected chi connectivity index (χ1v) is 5.83. The van der Waals surface area contributed by atoms with Crippen LogP contribution in [0.15, 0.2) is 29.2 Å². The van der Waals surface area contributed by atoms with Gasteiger partial charge in [-0.1, -0.05) is 12.1 Å². The molecule has 0 heterocycles. The number of carbonyl (C=O) groups excluding carboxylic acids is 1. The molecule has 0 unspecified atom stereocenters. The highest BCUT2D eigenvalue weighted by Crippen LogP contribution is 2.23. The van der Waals surface area contributed by atoms with Crippen LogP contribution in [0.4, 0.5) is 5.69 Å². The molecule has 1 amide bonds. The van der Waals surface area contributed by atoms with Gasteiger partial charge in [0.2, 0.25) is 5.91 Å². The van der Waals surface area contributed by atoms with E-state index in [-0.39, 0.29) is 5.91 Å². The van der Waals surface area contributed by atoms with Crippen LogP contribution in [0.3, 0.4) is 0 Å². The lowest BCUT2D eigenvalue weighted by atomic mass is 10.3. The highest BCUT2D eigenvalue weighted by Gasteiger charge is 2.03. The summed E-state index contributed by atoms with van der Waals surface area (Å²) < 4.78 is 0. The molecule has 0 saturated carbocycles. The van der Waals surface area contributed by atoms with Crippen molar-refractivity contribution in [1.29, 1.82) is 5.26 Å². The van der Waals surface area contributed by atoms with Gasteiger partial charge in [-0.2, -0.15) is 5.26 Å². The maximum atomic E-state index is 11.3. The summed E-state index contributed by atoms with van der Waals surface area (Å²) in [7, 11) is 0. The second-order valence-corrected chi connectivity index (χ2v) is 4.10. The molecule has 1 aromatic rings. The Morgan fingerprint density at radius 2 is 2.25 bits per heavy atom. The molecule has 0 aliphatic heterocycles. The van der Waals surface area contributed by atoms with Crippen molar-refractivity contribution in [3.05, 3.63) is 24.3 Å². The van der Waals surface area contributed by atoms with Crippen LogP contribution in [0.25, 0.3) is 0 Å². The molecule has 0 aliphatic carbocycles. The van der Waals surface area contributed by atoms with Gasteiger partial charge in [-0.25, -0.2) is 0 Å². The van der Waals surface area contributed by atoms with Crippen molar-refractivity contribution in [2.45, 2.75) is 11.3 Å². The van der Waals surface area contributed by atoms with Crippen molar-refractivity contribution in [1.82, 2.24) is 5.32 Å². The van der Waals surface area contributed by atoms with Gasteiger partial charge in [-0.15, -0.1) is 11.8 Å². The van der Waals surface area contributed by atoms with Gasteiger partial charge in [-0.3, -0.25) is 4.79 Å². The summed E-state index contributed by atoms with van der Waals surface area (Å²) in [6.45, 7) is 0.403. The van der Waals surface area contributed by atoms with Gasteiger partial charge < -0.3 is 11.1 Å². The maximum absolute atomic E-state index is 11.3. The van der Waals surface area contributed by atoms with E-state index in [4.69, 9.17) is 11.0 Å². The third-order valence-corrected chi connectivity index (χ3v) is 2.93. The Labute approximate surface area is 98.8 Å². The van der Waals surface area contributed by atoms with Crippen LogP contribution in [0.5, 0.6) is 0 Å². The number of nitrogens with zero attached hydrogens (tertiary/aromatic N) is 1. The molecule has 0 saturated heterocycles. The summed E-state index contributed by atoms with van der Waals surface area (Å²) in [6.07, 6.45) is 0.337. The molecule has 0 radical (unpaired) electrons. The molecule has 0 aromatic heterocycles. The summed E-state index contributed by atoms with van der Waals surface area (Å²) in [5.74, 6) is 0.239. The predicted octanol–water partition coefficient (Wildman–Crippen LogP) is 1.39.